The van der Waals surface area contributed by atoms with Crippen LogP contribution in [0.3, 0.4) is 0 Å². The Kier molecular flexibility index (Phi) is 5.91. The molecule has 0 aromatic heterocycles. The number of carbonyl (C=O) groups is 2. The van der Waals surface area contributed by atoms with E-state index in [1.54, 1.807) is 29.2 Å². The summed E-state index contributed by atoms with van der Waals surface area (Å²) < 4.78 is 5.63. The summed E-state index contributed by atoms with van der Waals surface area (Å²) in [6, 6.07) is 14.3. The molecule has 1 fully saturated rings. The maximum absolute atomic E-state index is 12.7. The molecule has 3 rings (SSSR count). The number of rotatable bonds is 5. The highest BCUT2D eigenvalue weighted by atomic mass is 35.5. The molecule has 1 aliphatic rings. The van der Waals surface area contributed by atoms with Crippen LogP contribution in [0.25, 0.3) is 0 Å². The van der Waals surface area contributed by atoms with Crippen molar-refractivity contribution in [3.63, 3.8) is 0 Å². The Morgan fingerprint density at radius 2 is 2.04 bits per heavy atom. The normalized spacial score (nSPS) is 17.0. The molecule has 1 N–H and O–H groups in total. The maximum Gasteiger partial charge on any atom is 0.261 e. The zero-order valence-corrected chi connectivity index (χ0v) is 15.3. The van der Waals surface area contributed by atoms with Gasteiger partial charge in [-0.25, -0.2) is 0 Å². The largest absolute Gasteiger partial charge is 0.484 e. The van der Waals surface area contributed by atoms with E-state index in [4.69, 9.17) is 16.3 Å². The molecule has 0 bridgehead atoms. The summed E-state index contributed by atoms with van der Waals surface area (Å²) in [5.41, 5.74) is 1.49. The highest BCUT2D eigenvalue weighted by molar-refractivity contribution is 6.31. The lowest BCUT2D eigenvalue weighted by molar-refractivity contribution is -0.136. The summed E-state index contributed by atoms with van der Waals surface area (Å²) in [5.74, 6) is 0.364. The van der Waals surface area contributed by atoms with Crippen molar-refractivity contribution in [3.8, 4) is 5.75 Å². The zero-order chi connectivity index (χ0) is 18.5. The topological polar surface area (TPSA) is 58.6 Å². The molecule has 1 atom stereocenters. The van der Waals surface area contributed by atoms with Gasteiger partial charge in [-0.05, 0) is 30.7 Å². The minimum Gasteiger partial charge on any atom is -0.484 e. The van der Waals surface area contributed by atoms with Crippen LogP contribution in [-0.2, 0) is 4.79 Å². The first kappa shape index (κ1) is 18.4. The Morgan fingerprint density at radius 3 is 2.81 bits per heavy atom. The molecule has 0 radical (unpaired) electrons. The van der Waals surface area contributed by atoms with E-state index in [9.17, 15) is 9.59 Å². The van der Waals surface area contributed by atoms with Gasteiger partial charge in [-0.15, -0.1) is 0 Å². The minimum absolute atomic E-state index is 0.0392. The molecule has 26 heavy (non-hydrogen) atoms. The van der Waals surface area contributed by atoms with Gasteiger partial charge >= 0.3 is 0 Å². The molecule has 2 aromatic carbocycles. The quantitative estimate of drug-likeness (QED) is 0.819. The summed E-state index contributed by atoms with van der Waals surface area (Å²) in [4.78, 5) is 26.0. The summed E-state index contributed by atoms with van der Waals surface area (Å²) in [6.07, 6.45) is 0. The maximum atomic E-state index is 12.7. The standard InChI is InChI=1S/C20H21ClN2O3/c1-14(24)15-5-4-6-16(11-15)26-13-20(25)23-10-9-22-12-19(23)17-7-2-3-8-18(17)21/h2-8,11,19,22H,9-10,12-13H2,1H3. The lowest BCUT2D eigenvalue weighted by Gasteiger charge is -2.36. The number of benzene rings is 2. The molecule has 0 saturated carbocycles. The smallest absolute Gasteiger partial charge is 0.261 e. The van der Waals surface area contributed by atoms with E-state index in [0.717, 1.165) is 12.1 Å². The fourth-order valence-electron chi connectivity index (χ4n) is 3.06. The van der Waals surface area contributed by atoms with Crippen LogP contribution in [-0.4, -0.2) is 42.8 Å². The van der Waals surface area contributed by atoms with Crippen molar-refractivity contribution in [1.82, 2.24) is 10.2 Å². The van der Waals surface area contributed by atoms with Crippen molar-refractivity contribution < 1.29 is 14.3 Å². The SMILES string of the molecule is CC(=O)c1cccc(OCC(=O)N2CCNCC2c2ccccc2Cl)c1. The number of piperazine rings is 1. The third-order valence-corrected chi connectivity index (χ3v) is 4.78. The molecule has 136 valence electrons. The predicted octanol–water partition coefficient (Wildman–Crippen LogP) is 3.09. The molecule has 6 heteroatoms. The van der Waals surface area contributed by atoms with E-state index >= 15 is 0 Å². The minimum atomic E-state index is -0.128. The molecular weight excluding hydrogens is 352 g/mol. The molecule has 1 amide bonds. The van der Waals surface area contributed by atoms with E-state index in [2.05, 4.69) is 5.32 Å². The fourth-order valence-corrected chi connectivity index (χ4v) is 3.32. The number of nitrogens with zero attached hydrogens (tertiary/aromatic N) is 1. The van der Waals surface area contributed by atoms with Crippen molar-refractivity contribution in [3.05, 3.63) is 64.7 Å². The first-order valence-electron chi connectivity index (χ1n) is 8.54. The van der Waals surface area contributed by atoms with Crippen molar-refractivity contribution in [2.45, 2.75) is 13.0 Å². The number of hydrogen-bond acceptors (Lipinski definition) is 4. The van der Waals surface area contributed by atoms with E-state index < -0.39 is 0 Å². The Balaban J connectivity index is 1.70. The zero-order valence-electron chi connectivity index (χ0n) is 14.6. The van der Waals surface area contributed by atoms with Crippen molar-refractivity contribution in [1.29, 1.82) is 0 Å². The number of amides is 1. The third-order valence-electron chi connectivity index (χ3n) is 4.43. The first-order valence-corrected chi connectivity index (χ1v) is 8.92. The molecule has 2 aromatic rings. The van der Waals surface area contributed by atoms with Gasteiger partial charge in [0, 0.05) is 30.2 Å². The number of carbonyl (C=O) groups excluding carboxylic acids is 2. The second-order valence-corrected chi connectivity index (χ2v) is 6.61. The average molecular weight is 373 g/mol. The van der Waals surface area contributed by atoms with Crippen LogP contribution in [0.1, 0.15) is 28.9 Å². The summed E-state index contributed by atoms with van der Waals surface area (Å²) in [7, 11) is 0. The van der Waals surface area contributed by atoms with Crippen LogP contribution in [0.2, 0.25) is 5.02 Å². The Morgan fingerprint density at radius 1 is 1.23 bits per heavy atom. The summed E-state index contributed by atoms with van der Waals surface area (Å²) >= 11 is 6.32. The second-order valence-electron chi connectivity index (χ2n) is 6.20. The second kappa shape index (κ2) is 8.34. The Hall–Kier alpha value is -2.37. The number of nitrogens with one attached hydrogen (secondary N) is 1. The van der Waals surface area contributed by atoms with Crippen molar-refractivity contribution in [2.24, 2.45) is 0 Å². The van der Waals surface area contributed by atoms with Crippen LogP contribution in [0, 0.1) is 0 Å². The lowest BCUT2D eigenvalue weighted by atomic mass is 10.0. The van der Waals surface area contributed by atoms with Gasteiger partial charge in [-0.1, -0.05) is 41.9 Å². The van der Waals surface area contributed by atoms with Gasteiger partial charge < -0.3 is 15.0 Å². The highest BCUT2D eigenvalue weighted by Crippen LogP contribution is 2.28. The molecule has 0 aliphatic carbocycles. The molecular formula is C20H21ClN2O3. The van der Waals surface area contributed by atoms with Gasteiger partial charge in [-0.3, -0.25) is 9.59 Å². The van der Waals surface area contributed by atoms with Gasteiger partial charge in [0.05, 0.1) is 6.04 Å². The number of halogens is 1. The van der Waals surface area contributed by atoms with E-state index in [-0.39, 0.29) is 24.3 Å². The van der Waals surface area contributed by atoms with Crippen LogP contribution < -0.4 is 10.1 Å². The van der Waals surface area contributed by atoms with Crippen LogP contribution in [0.5, 0.6) is 5.75 Å². The molecule has 1 unspecified atom stereocenters. The van der Waals surface area contributed by atoms with E-state index in [1.807, 2.05) is 24.3 Å². The molecule has 1 saturated heterocycles. The van der Waals surface area contributed by atoms with Gasteiger partial charge in [0.1, 0.15) is 5.75 Å². The van der Waals surface area contributed by atoms with Gasteiger partial charge in [0.15, 0.2) is 12.4 Å². The van der Waals surface area contributed by atoms with Crippen LogP contribution >= 0.6 is 11.6 Å². The van der Waals surface area contributed by atoms with Crippen LogP contribution in [0.15, 0.2) is 48.5 Å². The first-order chi connectivity index (χ1) is 12.6. The molecule has 1 aliphatic heterocycles. The lowest BCUT2D eigenvalue weighted by Crippen LogP contribution is -2.50. The number of ether oxygens (including phenoxy) is 1. The fraction of sp³-hybridized carbons (Fsp3) is 0.300. The Labute approximate surface area is 157 Å². The van der Waals surface area contributed by atoms with Crippen molar-refractivity contribution in [2.75, 3.05) is 26.2 Å². The van der Waals surface area contributed by atoms with Gasteiger partial charge in [-0.2, -0.15) is 0 Å². The van der Waals surface area contributed by atoms with Gasteiger partial charge in [0.25, 0.3) is 5.91 Å². The Bertz CT molecular complexity index is 809. The highest BCUT2D eigenvalue weighted by Gasteiger charge is 2.29. The third kappa shape index (κ3) is 4.23. The number of hydrogen-bond donors (Lipinski definition) is 1. The average Bonchev–Trinajstić information content (AvgIpc) is 2.67. The molecule has 0 spiro atoms. The van der Waals surface area contributed by atoms with E-state index in [0.29, 0.717) is 29.4 Å². The number of ketones is 1. The molecule has 5 nitrogen and oxygen atoms in total. The summed E-state index contributed by atoms with van der Waals surface area (Å²) in [6.45, 7) is 3.38. The van der Waals surface area contributed by atoms with Gasteiger partial charge in [0.2, 0.25) is 0 Å². The van der Waals surface area contributed by atoms with E-state index in [1.165, 1.54) is 6.92 Å². The monoisotopic (exact) mass is 372 g/mol. The summed E-state index contributed by atoms with van der Waals surface area (Å²) in [5, 5.41) is 3.96. The molecule has 1 heterocycles. The predicted molar refractivity (Wildman–Crippen MR) is 101 cm³/mol. The van der Waals surface area contributed by atoms with Crippen molar-refractivity contribution >= 4 is 23.3 Å². The van der Waals surface area contributed by atoms with Crippen LogP contribution in [0.4, 0.5) is 0 Å². The number of Topliss-reactive ketones (excluding diaryl/α,β-unsaturated/α-hetero) is 1.